The summed E-state index contributed by atoms with van der Waals surface area (Å²) in [6.07, 6.45) is -1.18. The van der Waals surface area contributed by atoms with E-state index in [9.17, 15) is 19.7 Å². The van der Waals surface area contributed by atoms with E-state index in [0.29, 0.717) is 11.3 Å². The summed E-state index contributed by atoms with van der Waals surface area (Å²) in [6, 6.07) is 4.20. The highest BCUT2D eigenvalue weighted by Gasteiger charge is 2.34. The molecule has 0 saturated carbocycles. The highest BCUT2D eigenvalue weighted by atomic mass is 19.1. The standard InChI is InChI=1S/C16H17FN4O3/c1-5-13(6-2-3-7(18)11(17)12(6)20)21-9-4-8(19)15(23)16(24)10(9)14(5)22/h2-5,14,22-24H,18-20H2,1H3. The van der Waals surface area contributed by atoms with Crippen molar-refractivity contribution in [2.45, 2.75) is 13.0 Å². The summed E-state index contributed by atoms with van der Waals surface area (Å²) in [4.78, 5) is 4.36. The second-order valence-electron chi connectivity index (χ2n) is 5.76. The van der Waals surface area contributed by atoms with Crippen LogP contribution in [0, 0.1) is 11.7 Å². The lowest BCUT2D eigenvalue weighted by molar-refractivity contribution is 0.142. The SMILES string of the molecule is CC1C(c2ccc(N)c(F)c2N)=Nc2cc(N)c(O)c(O)c2C1O. The number of fused-ring (bicyclic) bond motifs is 1. The third kappa shape index (κ3) is 2.11. The Hall–Kier alpha value is -3.00. The van der Waals surface area contributed by atoms with Crippen LogP contribution in [0.3, 0.4) is 0 Å². The summed E-state index contributed by atoms with van der Waals surface area (Å²) in [5.41, 5.74) is 17.4. The van der Waals surface area contributed by atoms with E-state index in [-0.39, 0.29) is 28.3 Å². The minimum atomic E-state index is -1.18. The lowest BCUT2D eigenvalue weighted by Gasteiger charge is -2.29. The largest absolute Gasteiger partial charge is 0.504 e. The molecule has 0 fully saturated rings. The number of phenols is 2. The molecule has 2 atom stereocenters. The van der Waals surface area contributed by atoms with Gasteiger partial charge in [0.1, 0.15) is 0 Å². The van der Waals surface area contributed by atoms with E-state index in [0.717, 1.165) is 0 Å². The van der Waals surface area contributed by atoms with Crippen molar-refractivity contribution in [2.24, 2.45) is 10.9 Å². The molecule has 0 saturated heterocycles. The van der Waals surface area contributed by atoms with Crippen molar-refractivity contribution >= 4 is 28.5 Å². The number of rotatable bonds is 1. The molecule has 2 aromatic rings. The van der Waals surface area contributed by atoms with Gasteiger partial charge in [-0.2, -0.15) is 0 Å². The molecule has 2 unspecified atom stereocenters. The molecule has 3 rings (SSSR count). The Morgan fingerprint density at radius 1 is 1.08 bits per heavy atom. The van der Waals surface area contributed by atoms with Crippen molar-refractivity contribution in [3.8, 4) is 11.5 Å². The number of nitrogens with zero attached hydrogens (tertiary/aromatic N) is 1. The maximum Gasteiger partial charge on any atom is 0.181 e. The minimum Gasteiger partial charge on any atom is -0.504 e. The number of benzene rings is 2. The van der Waals surface area contributed by atoms with E-state index in [4.69, 9.17) is 17.2 Å². The van der Waals surface area contributed by atoms with Crippen LogP contribution in [-0.4, -0.2) is 21.0 Å². The van der Waals surface area contributed by atoms with Crippen LogP contribution in [0.1, 0.15) is 24.2 Å². The number of phenolic OH excluding ortho intramolecular Hbond substituents is 2. The molecule has 9 N–H and O–H groups in total. The summed E-state index contributed by atoms with van der Waals surface area (Å²) in [5, 5.41) is 30.3. The van der Waals surface area contributed by atoms with Crippen molar-refractivity contribution in [1.82, 2.24) is 0 Å². The van der Waals surface area contributed by atoms with Gasteiger partial charge in [-0.25, -0.2) is 4.39 Å². The van der Waals surface area contributed by atoms with Crippen LogP contribution in [0.25, 0.3) is 0 Å². The fraction of sp³-hybridized carbons (Fsp3) is 0.188. The van der Waals surface area contributed by atoms with Gasteiger partial charge in [0.15, 0.2) is 17.3 Å². The number of hydrogen-bond acceptors (Lipinski definition) is 7. The van der Waals surface area contributed by atoms with Gasteiger partial charge in [0, 0.05) is 11.5 Å². The lowest BCUT2D eigenvalue weighted by atomic mass is 9.84. The van der Waals surface area contributed by atoms with Crippen molar-refractivity contribution < 1.29 is 19.7 Å². The van der Waals surface area contributed by atoms with Gasteiger partial charge < -0.3 is 32.5 Å². The lowest BCUT2D eigenvalue weighted by Crippen LogP contribution is -2.25. The zero-order chi connectivity index (χ0) is 17.8. The number of aliphatic imine (C=N–C) groups is 1. The first-order chi connectivity index (χ1) is 11.2. The molecule has 24 heavy (non-hydrogen) atoms. The normalized spacial score (nSPS) is 19.7. The van der Waals surface area contributed by atoms with E-state index in [1.54, 1.807) is 6.92 Å². The molecule has 1 heterocycles. The van der Waals surface area contributed by atoms with E-state index in [2.05, 4.69) is 4.99 Å². The number of nitrogen functional groups attached to an aromatic ring is 3. The second-order valence-corrected chi connectivity index (χ2v) is 5.76. The van der Waals surface area contributed by atoms with Crippen LogP contribution < -0.4 is 17.2 Å². The van der Waals surface area contributed by atoms with Gasteiger partial charge in [-0.1, -0.05) is 6.92 Å². The van der Waals surface area contributed by atoms with E-state index >= 15 is 0 Å². The summed E-state index contributed by atoms with van der Waals surface area (Å²) in [6.45, 7) is 1.65. The zero-order valence-electron chi connectivity index (χ0n) is 12.8. The van der Waals surface area contributed by atoms with E-state index in [1.807, 2.05) is 0 Å². The Morgan fingerprint density at radius 2 is 1.75 bits per heavy atom. The molecule has 1 aliphatic heterocycles. The first kappa shape index (κ1) is 15.9. The summed E-state index contributed by atoms with van der Waals surface area (Å²) in [5.74, 6) is -2.41. The quantitative estimate of drug-likeness (QED) is 0.346. The number of aliphatic hydroxyl groups is 1. The average Bonchev–Trinajstić information content (AvgIpc) is 2.54. The monoisotopic (exact) mass is 332 g/mol. The van der Waals surface area contributed by atoms with Crippen molar-refractivity contribution in [2.75, 3.05) is 17.2 Å². The van der Waals surface area contributed by atoms with Crippen molar-refractivity contribution in [3.63, 3.8) is 0 Å². The highest BCUT2D eigenvalue weighted by Crippen LogP contribution is 2.49. The summed E-state index contributed by atoms with van der Waals surface area (Å²) < 4.78 is 14.0. The molecule has 126 valence electrons. The average molecular weight is 332 g/mol. The molecule has 2 aromatic carbocycles. The van der Waals surface area contributed by atoms with Crippen LogP contribution in [0.2, 0.25) is 0 Å². The Balaban J connectivity index is 2.26. The minimum absolute atomic E-state index is 0.0624. The molecule has 0 spiro atoms. The van der Waals surface area contributed by atoms with E-state index < -0.39 is 29.3 Å². The predicted octanol–water partition coefficient (Wildman–Crippen LogP) is 1.79. The van der Waals surface area contributed by atoms with Crippen molar-refractivity contribution in [3.05, 3.63) is 35.1 Å². The van der Waals surface area contributed by atoms with Gasteiger partial charge in [0.05, 0.1) is 40.1 Å². The Labute approximate surface area is 136 Å². The first-order valence-corrected chi connectivity index (χ1v) is 7.18. The molecule has 1 aliphatic rings. The smallest absolute Gasteiger partial charge is 0.181 e. The van der Waals surface area contributed by atoms with Gasteiger partial charge in [-0.05, 0) is 18.2 Å². The first-order valence-electron chi connectivity index (χ1n) is 7.18. The fourth-order valence-electron chi connectivity index (χ4n) is 2.83. The third-order valence-corrected chi connectivity index (χ3v) is 4.25. The number of anilines is 3. The molecular weight excluding hydrogens is 315 g/mol. The topological polar surface area (TPSA) is 151 Å². The number of halogens is 1. The van der Waals surface area contributed by atoms with E-state index in [1.165, 1.54) is 18.2 Å². The molecule has 0 amide bonds. The molecule has 7 nitrogen and oxygen atoms in total. The summed E-state index contributed by atoms with van der Waals surface area (Å²) in [7, 11) is 0. The van der Waals surface area contributed by atoms with Crippen LogP contribution in [0.4, 0.5) is 27.1 Å². The van der Waals surface area contributed by atoms with Crippen LogP contribution >= 0.6 is 0 Å². The number of hydrogen-bond donors (Lipinski definition) is 6. The number of aromatic hydroxyl groups is 2. The van der Waals surface area contributed by atoms with Crippen LogP contribution in [-0.2, 0) is 0 Å². The Bertz CT molecular complexity index is 882. The molecule has 0 aliphatic carbocycles. The number of nitrogens with two attached hydrogens (primary N) is 3. The van der Waals surface area contributed by atoms with Gasteiger partial charge in [-0.15, -0.1) is 0 Å². The fourth-order valence-corrected chi connectivity index (χ4v) is 2.83. The van der Waals surface area contributed by atoms with Crippen molar-refractivity contribution in [1.29, 1.82) is 0 Å². The number of aliphatic hydroxyl groups excluding tert-OH is 1. The zero-order valence-corrected chi connectivity index (χ0v) is 12.8. The summed E-state index contributed by atoms with van der Waals surface area (Å²) >= 11 is 0. The van der Waals surface area contributed by atoms with Crippen LogP contribution in [0.5, 0.6) is 11.5 Å². The maximum absolute atomic E-state index is 14.0. The molecule has 8 heteroatoms. The highest BCUT2D eigenvalue weighted by molar-refractivity contribution is 6.09. The molecule has 0 bridgehead atoms. The molecule has 0 radical (unpaired) electrons. The van der Waals surface area contributed by atoms with Gasteiger partial charge in [-0.3, -0.25) is 4.99 Å². The van der Waals surface area contributed by atoms with Crippen LogP contribution in [0.15, 0.2) is 23.2 Å². The third-order valence-electron chi connectivity index (χ3n) is 4.25. The predicted molar refractivity (Wildman–Crippen MR) is 89.7 cm³/mol. The van der Waals surface area contributed by atoms with Gasteiger partial charge >= 0.3 is 0 Å². The maximum atomic E-state index is 14.0. The van der Waals surface area contributed by atoms with Gasteiger partial charge in [0.25, 0.3) is 0 Å². The Morgan fingerprint density at radius 3 is 2.42 bits per heavy atom. The Kier molecular flexibility index (Phi) is 3.49. The van der Waals surface area contributed by atoms with Gasteiger partial charge in [0.2, 0.25) is 0 Å². The molecule has 0 aromatic heterocycles. The molecular formula is C16H17FN4O3. The second kappa shape index (κ2) is 5.27.